The molecule has 0 unspecified atom stereocenters. The van der Waals surface area contributed by atoms with Crippen LogP contribution in [0.15, 0.2) is 48.5 Å². The Bertz CT molecular complexity index is 1200. The Morgan fingerprint density at radius 1 is 0.941 bits per heavy atom. The van der Waals surface area contributed by atoms with Crippen molar-refractivity contribution in [2.24, 2.45) is 0 Å². The predicted molar refractivity (Wildman–Crippen MR) is 134 cm³/mol. The summed E-state index contributed by atoms with van der Waals surface area (Å²) in [6.07, 6.45) is -0.648. The number of hydrogen-bond acceptors (Lipinski definition) is 2. The SMILES string of the molecule is Cc1c(I)c(C)c([B-](F)(F)F)c(C)c1CNC(=O)OCC1c2ccccc2-c2ccccc21.[K+]. The molecule has 1 aliphatic rings. The molecule has 0 aliphatic heterocycles. The van der Waals surface area contributed by atoms with Gasteiger partial charge in [0.2, 0.25) is 0 Å². The number of halogens is 4. The molecule has 0 radical (unpaired) electrons. The fourth-order valence-electron chi connectivity index (χ4n) is 4.82. The minimum atomic E-state index is -5.16. The van der Waals surface area contributed by atoms with Gasteiger partial charge in [-0.25, -0.2) is 4.79 Å². The fraction of sp³-hybridized carbons (Fsp3) is 0.240. The van der Waals surface area contributed by atoms with Gasteiger partial charge in [-0.15, -0.1) is 5.46 Å². The number of amides is 1. The number of ether oxygens (including phenoxy) is 1. The van der Waals surface area contributed by atoms with Crippen LogP contribution in [0.5, 0.6) is 0 Å². The summed E-state index contributed by atoms with van der Waals surface area (Å²) in [5.74, 6) is -0.0773. The standard InChI is InChI=1S/C25H23BF3INO2.K/c1-14-21(15(2)24(30)16(3)23(14)26(27,28)29)12-31-25(32)33-13-22-19-10-6-4-8-17(19)18-9-5-7-11-20(18)22;/h4-11,22H,12-13H2,1-3H3,(H,31,32);/q-1;+1. The zero-order valence-electron chi connectivity index (χ0n) is 19.5. The van der Waals surface area contributed by atoms with Crippen LogP contribution in [0, 0.1) is 24.3 Å². The molecule has 0 fully saturated rings. The molecule has 1 N–H and O–H groups in total. The molecule has 1 aliphatic carbocycles. The Labute approximate surface area is 253 Å². The van der Waals surface area contributed by atoms with Crippen molar-refractivity contribution >= 4 is 41.1 Å². The third-order valence-electron chi connectivity index (χ3n) is 6.45. The van der Waals surface area contributed by atoms with Crippen molar-refractivity contribution in [2.45, 2.75) is 33.2 Å². The monoisotopic (exact) mass is 603 g/mol. The van der Waals surface area contributed by atoms with Crippen molar-refractivity contribution in [3.8, 4) is 11.1 Å². The second-order valence-electron chi connectivity index (χ2n) is 8.34. The molecule has 4 rings (SSSR count). The van der Waals surface area contributed by atoms with Crippen molar-refractivity contribution in [3.63, 3.8) is 0 Å². The van der Waals surface area contributed by atoms with Crippen LogP contribution in [0.2, 0.25) is 0 Å². The maximum atomic E-state index is 13.7. The summed E-state index contributed by atoms with van der Waals surface area (Å²) in [6, 6.07) is 16.1. The Kier molecular flexibility index (Phi) is 9.01. The van der Waals surface area contributed by atoms with Gasteiger partial charge in [0.25, 0.3) is 0 Å². The van der Waals surface area contributed by atoms with Gasteiger partial charge in [0.1, 0.15) is 6.61 Å². The summed E-state index contributed by atoms with van der Waals surface area (Å²) in [7, 11) is 0. The number of nitrogens with one attached hydrogen (secondary N) is 1. The molecule has 0 heterocycles. The second kappa shape index (κ2) is 11.0. The van der Waals surface area contributed by atoms with Crippen LogP contribution in [0.3, 0.4) is 0 Å². The van der Waals surface area contributed by atoms with Gasteiger partial charge in [0.05, 0.1) is 0 Å². The first kappa shape index (κ1) is 27.7. The normalized spacial score (nSPS) is 12.6. The molecule has 1 amide bonds. The van der Waals surface area contributed by atoms with E-state index >= 15 is 0 Å². The smallest absolute Gasteiger partial charge is 0.449 e. The van der Waals surface area contributed by atoms with Gasteiger partial charge in [-0.05, 0) is 76.7 Å². The number of benzene rings is 3. The minimum Gasteiger partial charge on any atom is -0.449 e. The molecule has 172 valence electrons. The number of alkyl carbamates (subject to hydrolysis) is 1. The average Bonchev–Trinajstić information content (AvgIpc) is 3.09. The van der Waals surface area contributed by atoms with Crippen LogP contribution in [-0.4, -0.2) is 19.7 Å². The van der Waals surface area contributed by atoms with E-state index in [1.54, 1.807) is 6.92 Å². The van der Waals surface area contributed by atoms with E-state index in [1.807, 2.05) is 59.0 Å². The van der Waals surface area contributed by atoms with E-state index in [0.717, 1.165) is 27.8 Å². The van der Waals surface area contributed by atoms with Gasteiger partial charge in [0.15, 0.2) is 0 Å². The van der Waals surface area contributed by atoms with Crippen molar-refractivity contribution in [1.29, 1.82) is 0 Å². The first-order valence-corrected chi connectivity index (χ1v) is 11.8. The zero-order chi connectivity index (χ0) is 23.9. The Hall–Kier alpha value is -0.849. The topological polar surface area (TPSA) is 38.3 Å². The average molecular weight is 603 g/mol. The Morgan fingerprint density at radius 2 is 1.47 bits per heavy atom. The maximum Gasteiger partial charge on any atom is 1.00 e. The molecule has 0 spiro atoms. The van der Waals surface area contributed by atoms with Crippen LogP contribution >= 0.6 is 22.6 Å². The van der Waals surface area contributed by atoms with Crippen LogP contribution in [-0.2, 0) is 11.3 Å². The van der Waals surface area contributed by atoms with E-state index in [2.05, 4.69) is 17.4 Å². The molecule has 3 nitrogen and oxygen atoms in total. The van der Waals surface area contributed by atoms with E-state index in [0.29, 0.717) is 9.13 Å². The molecule has 0 bridgehead atoms. The summed E-state index contributed by atoms with van der Waals surface area (Å²) in [6.45, 7) is -0.285. The van der Waals surface area contributed by atoms with Gasteiger partial charge in [-0.3, -0.25) is 0 Å². The third-order valence-corrected chi connectivity index (χ3v) is 8.07. The molecule has 0 saturated heterocycles. The number of hydrogen-bond donors (Lipinski definition) is 1. The van der Waals surface area contributed by atoms with Crippen LogP contribution in [0.4, 0.5) is 17.7 Å². The number of carbonyl (C=O) groups is 1. The summed E-state index contributed by atoms with van der Waals surface area (Å²) in [5.41, 5.74) is 5.51. The fourth-order valence-corrected chi connectivity index (χ4v) is 5.44. The first-order valence-electron chi connectivity index (χ1n) is 10.7. The molecule has 0 saturated carbocycles. The van der Waals surface area contributed by atoms with Crippen molar-refractivity contribution in [1.82, 2.24) is 5.32 Å². The maximum absolute atomic E-state index is 13.7. The van der Waals surface area contributed by atoms with Gasteiger partial charge < -0.3 is 23.0 Å². The molecule has 34 heavy (non-hydrogen) atoms. The summed E-state index contributed by atoms with van der Waals surface area (Å²) >= 11 is 1.94. The molecule has 9 heteroatoms. The Morgan fingerprint density at radius 3 is 2.00 bits per heavy atom. The van der Waals surface area contributed by atoms with E-state index in [1.165, 1.54) is 13.8 Å². The van der Waals surface area contributed by atoms with E-state index in [9.17, 15) is 17.7 Å². The molecule has 3 aromatic rings. The van der Waals surface area contributed by atoms with Gasteiger partial charge in [0, 0.05) is 16.0 Å². The van der Waals surface area contributed by atoms with Crippen molar-refractivity contribution in [3.05, 3.63) is 85.5 Å². The molecule has 0 atom stereocenters. The van der Waals surface area contributed by atoms with E-state index in [4.69, 9.17) is 4.74 Å². The third kappa shape index (κ3) is 5.29. The van der Waals surface area contributed by atoms with E-state index < -0.39 is 18.5 Å². The molecular formula is C25H23BF3IKNO2. The number of fused-ring (bicyclic) bond motifs is 3. The first-order chi connectivity index (χ1) is 15.6. The number of carbonyl (C=O) groups excluding carboxylic acids is 1. The van der Waals surface area contributed by atoms with Crippen LogP contribution in [0.1, 0.15) is 39.3 Å². The quantitative estimate of drug-likeness (QED) is 0.360. The molecule has 0 aromatic heterocycles. The van der Waals surface area contributed by atoms with E-state index in [-0.39, 0.29) is 81.6 Å². The van der Waals surface area contributed by atoms with Crippen molar-refractivity contribution in [2.75, 3.05) is 6.61 Å². The summed E-state index contributed by atoms with van der Waals surface area (Å²) < 4.78 is 47.1. The van der Waals surface area contributed by atoms with Crippen LogP contribution in [0.25, 0.3) is 11.1 Å². The Balaban J connectivity index is 0.00000324. The minimum absolute atomic E-state index is 0. The van der Waals surface area contributed by atoms with Crippen LogP contribution < -0.4 is 62.2 Å². The summed E-state index contributed by atoms with van der Waals surface area (Å²) in [4.78, 5) is 12.5. The second-order valence-corrected chi connectivity index (χ2v) is 9.41. The summed E-state index contributed by atoms with van der Waals surface area (Å²) in [5, 5.41) is 2.65. The van der Waals surface area contributed by atoms with Gasteiger partial charge in [-0.1, -0.05) is 59.7 Å². The number of rotatable bonds is 5. The van der Waals surface area contributed by atoms with Gasteiger partial charge >= 0.3 is 64.5 Å². The zero-order valence-corrected chi connectivity index (χ0v) is 24.8. The molecule has 3 aromatic carbocycles. The molecular weight excluding hydrogens is 580 g/mol. The van der Waals surface area contributed by atoms with Gasteiger partial charge in [-0.2, -0.15) is 0 Å². The van der Waals surface area contributed by atoms with Crippen molar-refractivity contribution < 1.29 is 73.9 Å². The predicted octanol–water partition coefficient (Wildman–Crippen LogP) is 3.31. The largest absolute Gasteiger partial charge is 1.00 e.